The Morgan fingerprint density at radius 2 is 1.87 bits per heavy atom. The Morgan fingerprint density at radius 3 is 2.58 bits per heavy atom. The van der Waals surface area contributed by atoms with Crippen molar-refractivity contribution in [2.45, 2.75) is 57.8 Å². The molecule has 1 N–H and O–H groups in total. The summed E-state index contributed by atoms with van der Waals surface area (Å²) in [5.74, 6) is 3.26. The third kappa shape index (κ3) is 5.13. The first-order chi connectivity index (χ1) is 15.2. The number of hydrogen-bond acceptors (Lipinski definition) is 4. The number of ether oxygens (including phenoxy) is 1. The first kappa shape index (κ1) is 20.6. The molecule has 1 aromatic carbocycles. The molecule has 6 heteroatoms. The predicted molar refractivity (Wildman–Crippen MR) is 119 cm³/mol. The van der Waals surface area contributed by atoms with Crippen molar-refractivity contribution in [3.63, 3.8) is 0 Å². The van der Waals surface area contributed by atoms with Crippen LogP contribution < -0.4 is 5.32 Å². The fourth-order valence-corrected chi connectivity index (χ4v) is 4.47. The van der Waals surface area contributed by atoms with Gasteiger partial charge in [0.2, 0.25) is 0 Å². The first-order valence-electron chi connectivity index (χ1n) is 11.7. The van der Waals surface area contributed by atoms with Crippen LogP contribution in [0.15, 0.2) is 40.8 Å². The number of rotatable bonds is 8. The van der Waals surface area contributed by atoms with Crippen LogP contribution in [0.5, 0.6) is 0 Å². The monoisotopic (exact) mass is 423 g/mol. The van der Waals surface area contributed by atoms with Crippen molar-refractivity contribution in [3.05, 3.63) is 59.0 Å². The molecule has 2 saturated carbocycles. The highest BCUT2D eigenvalue weighted by molar-refractivity contribution is 5.75. The number of carbonyl (C=O) groups excluding carboxylic acids is 1. The number of carbonyl (C=O) groups is 1. The molecule has 0 bridgehead atoms. The van der Waals surface area contributed by atoms with Crippen molar-refractivity contribution in [1.29, 1.82) is 0 Å². The molecule has 2 heterocycles. The van der Waals surface area contributed by atoms with Crippen LogP contribution in [0.4, 0.5) is 4.79 Å². The summed E-state index contributed by atoms with van der Waals surface area (Å²) in [5, 5.41) is 3.17. The summed E-state index contributed by atoms with van der Waals surface area (Å²) in [4.78, 5) is 17.4. The van der Waals surface area contributed by atoms with Crippen LogP contribution in [0.1, 0.15) is 54.8 Å². The molecule has 1 saturated heterocycles. The lowest BCUT2D eigenvalue weighted by Gasteiger charge is -2.27. The Balaban J connectivity index is 1.19. The number of benzene rings is 1. The maximum atomic E-state index is 13.1. The molecule has 2 aliphatic carbocycles. The molecule has 31 heavy (non-hydrogen) atoms. The van der Waals surface area contributed by atoms with E-state index in [-0.39, 0.29) is 6.03 Å². The third-order valence-electron chi connectivity index (χ3n) is 6.78. The summed E-state index contributed by atoms with van der Waals surface area (Å²) >= 11 is 0. The molecule has 1 aliphatic heterocycles. The van der Waals surface area contributed by atoms with E-state index in [4.69, 9.17) is 9.15 Å². The van der Waals surface area contributed by atoms with Crippen molar-refractivity contribution in [3.8, 4) is 0 Å². The number of morpholine rings is 1. The molecule has 2 aromatic rings. The van der Waals surface area contributed by atoms with Gasteiger partial charge in [0.05, 0.1) is 19.8 Å². The maximum absolute atomic E-state index is 13.1. The van der Waals surface area contributed by atoms with Crippen LogP contribution in [0.2, 0.25) is 0 Å². The van der Waals surface area contributed by atoms with E-state index in [1.165, 1.54) is 17.5 Å². The lowest BCUT2D eigenvalue weighted by molar-refractivity contribution is 0.0340. The Kier molecular flexibility index (Phi) is 6.01. The van der Waals surface area contributed by atoms with E-state index in [1.54, 1.807) is 0 Å². The second kappa shape index (κ2) is 9.05. The summed E-state index contributed by atoms with van der Waals surface area (Å²) in [6.45, 7) is 7.76. The van der Waals surface area contributed by atoms with Crippen LogP contribution in [0, 0.1) is 5.92 Å². The largest absolute Gasteiger partial charge is 0.464 e. The number of amides is 2. The Bertz CT molecular complexity index is 901. The van der Waals surface area contributed by atoms with E-state index in [0.29, 0.717) is 25.0 Å². The minimum atomic E-state index is 0.00131. The van der Waals surface area contributed by atoms with Gasteiger partial charge in [0.15, 0.2) is 0 Å². The fourth-order valence-electron chi connectivity index (χ4n) is 4.47. The number of furan rings is 1. The van der Waals surface area contributed by atoms with Crippen molar-refractivity contribution in [2.24, 2.45) is 5.92 Å². The molecule has 5 rings (SSSR count). The van der Waals surface area contributed by atoms with Gasteiger partial charge >= 0.3 is 6.03 Å². The Morgan fingerprint density at radius 1 is 1.13 bits per heavy atom. The zero-order valence-corrected chi connectivity index (χ0v) is 18.4. The number of nitrogens with one attached hydrogen (secondary N) is 1. The van der Waals surface area contributed by atoms with Crippen molar-refractivity contribution < 1.29 is 13.9 Å². The highest BCUT2D eigenvalue weighted by Gasteiger charge is 2.37. The van der Waals surface area contributed by atoms with E-state index in [9.17, 15) is 4.79 Å². The summed E-state index contributed by atoms with van der Waals surface area (Å²) in [5.41, 5.74) is 2.46. The molecule has 3 fully saturated rings. The van der Waals surface area contributed by atoms with Crippen molar-refractivity contribution >= 4 is 6.03 Å². The number of nitrogens with zero attached hydrogens (tertiary/aromatic N) is 2. The number of hydrogen-bond donors (Lipinski definition) is 1. The molecule has 0 spiro atoms. The average molecular weight is 424 g/mol. The van der Waals surface area contributed by atoms with Gasteiger partial charge in [-0.3, -0.25) is 4.90 Å². The summed E-state index contributed by atoms with van der Waals surface area (Å²) in [6.07, 6.45) is 3.37. The highest BCUT2D eigenvalue weighted by atomic mass is 16.5. The zero-order chi connectivity index (χ0) is 21.2. The third-order valence-corrected chi connectivity index (χ3v) is 6.78. The average Bonchev–Trinajstić information content (AvgIpc) is 3.71. The van der Waals surface area contributed by atoms with Crippen LogP contribution >= 0.6 is 0 Å². The van der Waals surface area contributed by atoms with Crippen LogP contribution in [-0.4, -0.2) is 48.2 Å². The van der Waals surface area contributed by atoms with E-state index in [1.807, 2.05) is 17.0 Å². The van der Waals surface area contributed by atoms with E-state index in [0.717, 1.165) is 63.1 Å². The van der Waals surface area contributed by atoms with Crippen molar-refractivity contribution in [2.75, 3.05) is 26.3 Å². The zero-order valence-electron chi connectivity index (χ0n) is 18.4. The minimum Gasteiger partial charge on any atom is -0.464 e. The molecular weight excluding hydrogens is 390 g/mol. The lowest BCUT2D eigenvalue weighted by atomic mass is 10.1. The Hall–Kier alpha value is -2.31. The van der Waals surface area contributed by atoms with Gasteiger partial charge in [0.25, 0.3) is 0 Å². The number of urea groups is 1. The van der Waals surface area contributed by atoms with Crippen LogP contribution in [-0.2, 0) is 24.4 Å². The smallest absolute Gasteiger partial charge is 0.318 e. The highest BCUT2D eigenvalue weighted by Crippen LogP contribution is 2.47. The molecule has 0 radical (unpaired) electrons. The lowest BCUT2D eigenvalue weighted by Crippen LogP contribution is -2.41. The SMILES string of the molecule is CC1CC1c1ccc(CN(C(=O)NCc2ccccc2CN2CCOCC2)C2CC2)o1. The van der Waals surface area contributed by atoms with Gasteiger partial charge in [-0.2, -0.15) is 0 Å². The van der Waals surface area contributed by atoms with E-state index < -0.39 is 0 Å². The second-order valence-corrected chi connectivity index (χ2v) is 9.30. The quantitative estimate of drug-likeness (QED) is 0.694. The molecule has 2 atom stereocenters. The van der Waals surface area contributed by atoms with Gasteiger partial charge < -0.3 is 19.4 Å². The van der Waals surface area contributed by atoms with Crippen molar-refractivity contribution in [1.82, 2.24) is 15.1 Å². The normalized spacial score (nSPS) is 23.5. The van der Waals surface area contributed by atoms with Gasteiger partial charge in [-0.1, -0.05) is 31.2 Å². The maximum Gasteiger partial charge on any atom is 0.318 e. The summed E-state index contributed by atoms with van der Waals surface area (Å²) in [7, 11) is 0. The molecule has 166 valence electrons. The molecule has 2 unspecified atom stereocenters. The topological polar surface area (TPSA) is 58.0 Å². The van der Waals surface area contributed by atoms with Gasteiger partial charge in [-0.05, 0) is 48.4 Å². The molecule has 2 amide bonds. The second-order valence-electron chi connectivity index (χ2n) is 9.30. The molecule has 6 nitrogen and oxygen atoms in total. The fraction of sp³-hybridized carbons (Fsp3) is 0.560. The summed E-state index contributed by atoms with van der Waals surface area (Å²) in [6, 6.07) is 12.9. The van der Waals surface area contributed by atoms with E-state index >= 15 is 0 Å². The van der Waals surface area contributed by atoms with Gasteiger partial charge in [0.1, 0.15) is 11.5 Å². The van der Waals surface area contributed by atoms with E-state index in [2.05, 4.69) is 41.4 Å². The molecular formula is C25H33N3O3. The first-order valence-corrected chi connectivity index (χ1v) is 11.7. The predicted octanol–water partition coefficient (Wildman–Crippen LogP) is 4.11. The Labute approximate surface area is 184 Å². The van der Waals surface area contributed by atoms with Gasteiger partial charge in [-0.15, -0.1) is 0 Å². The summed E-state index contributed by atoms with van der Waals surface area (Å²) < 4.78 is 11.5. The standard InChI is InChI=1S/C25H33N3O3/c1-18-14-23(18)24-9-8-22(31-24)17-28(21-6-7-21)25(29)26-15-19-4-2-3-5-20(19)16-27-10-12-30-13-11-27/h2-5,8-9,18,21,23H,6-7,10-17H2,1H3,(H,26,29). The van der Waals surface area contributed by atoms with Gasteiger partial charge in [-0.25, -0.2) is 4.79 Å². The molecule has 1 aromatic heterocycles. The minimum absolute atomic E-state index is 0.00131. The van der Waals surface area contributed by atoms with Crippen LogP contribution in [0.3, 0.4) is 0 Å². The van der Waals surface area contributed by atoms with Crippen LogP contribution in [0.25, 0.3) is 0 Å². The molecule has 3 aliphatic rings. The van der Waals surface area contributed by atoms with Gasteiger partial charge in [0, 0.05) is 38.1 Å².